The van der Waals surface area contributed by atoms with Crippen molar-refractivity contribution >= 4 is 63.8 Å². The van der Waals surface area contributed by atoms with Gasteiger partial charge in [-0.1, -0.05) is 41.4 Å². The summed E-state index contributed by atoms with van der Waals surface area (Å²) in [5.74, 6) is 0.306. The van der Waals surface area contributed by atoms with E-state index in [4.69, 9.17) is 37.4 Å². The summed E-state index contributed by atoms with van der Waals surface area (Å²) >= 11 is 13.4. The predicted molar refractivity (Wildman–Crippen MR) is 162 cm³/mol. The Morgan fingerprint density at radius 3 is 2.44 bits per heavy atom. The lowest BCUT2D eigenvalue weighted by atomic mass is 10.1. The Kier molecular flexibility index (Phi) is 9.86. The molecule has 0 radical (unpaired) electrons. The number of anilines is 1. The van der Waals surface area contributed by atoms with Crippen molar-refractivity contribution in [3.05, 3.63) is 85.7 Å². The molecule has 0 unspecified atom stereocenters. The topological polar surface area (TPSA) is 94.2 Å². The van der Waals surface area contributed by atoms with Crippen LogP contribution in [0.3, 0.4) is 0 Å². The predicted octanol–water partition coefficient (Wildman–Crippen LogP) is 7.06. The number of amides is 3. The van der Waals surface area contributed by atoms with Gasteiger partial charge < -0.3 is 19.5 Å². The van der Waals surface area contributed by atoms with Crippen LogP contribution < -0.4 is 19.5 Å². The summed E-state index contributed by atoms with van der Waals surface area (Å²) in [6.07, 6.45) is 1.56. The lowest BCUT2D eigenvalue weighted by Crippen LogP contribution is -2.32. The fourth-order valence-electron chi connectivity index (χ4n) is 3.92. The molecule has 0 aromatic heterocycles. The molecule has 1 aliphatic rings. The van der Waals surface area contributed by atoms with Crippen molar-refractivity contribution in [1.29, 1.82) is 0 Å². The Bertz CT molecular complexity index is 1540. The minimum Gasteiger partial charge on any atom is -0.493 e. The highest BCUT2D eigenvalue weighted by molar-refractivity contribution is 8.18. The highest BCUT2D eigenvalue weighted by atomic mass is 35.5. The van der Waals surface area contributed by atoms with Crippen molar-refractivity contribution in [3.63, 3.8) is 0 Å². The number of hydrogen-bond donors (Lipinski definition) is 1. The number of benzene rings is 3. The number of nitrogens with zero attached hydrogens (tertiary/aromatic N) is 1. The van der Waals surface area contributed by atoms with Gasteiger partial charge in [-0.05, 0) is 91.2 Å². The summed E-state index contributed by atoms with van der Waals surface area (Å²) in [6.45, 7) is 5.72. The maximum Gasteiger partial charge on any atom is 0.293 e. The molecule has 1 N–H and O–H groups in total. The molecule has 0 aliphatic carbocycles. The summed E-state index contributed by atoms with van der Waals surface area (Å²) in [6, 6.07) is 14.2. The first-order chi connectivity index (χ1) is 19.5. The zero-order chi connectivity index (χ0) is 29.7. The van der Waals surface area contributed by atoms with Crippen LogP contribution in [0.15, 0.2) is 53.4 Å². The van der Waals surface area contributed by atoms with Crippen LogP contribution in [0, 0.1) is 20.8 Å². The first-order valence-corrected chi connectivity index (χ1v) is 14.1. The third-order valence-electron chi connectivity index (χ3n) is 6.14. The molecule has 1 heterocycles. The lowest BCUT2D eigenvalue weighted by molar-refractivity contribution is -0.123. The standard InChI is InChI=1S/C30H28Cl2N2O6S/c1-17-5-6-19(3)24(11-17)39-10-9-34-29(36)26(41-30(34)37)14-20-12-23(32)28(25(13-20)38-4)40-16-27(35)33-21-8-7-18(2)22(31)15-21/h5-8,11-15H,9-10,16H2,1-4H3,(H,33,35)/b26-14-. The van der Waals surface area contributed by atoms with Crippen molar-refractivity contribution in [1.82, 2.24) is 4.90 Å². The SMILES string of the molecule is COc1cc(/C=C2\SC(=O)N(CCOc3cc(C)ccc3C)C2=O)cc(Cl)c1OCC(=O)Nc1ccc(C)c(Cl)c1. The van der Waals surface area contributed by atoms with Gasteiger partial charge in [0.15, 0.2) is 18.1 Å². The molecule has 1 fully saturated rings. The average molecular weight is 616 g/mol. The second kappa shape index (κ2) is 13.3. The van der Waals surface area contributed by atoms with Gasteiger partial charge in [-0.2, -0.15) is 0 Å². The average Bonchev–Trinajstić information content (AvgIpc) is 3.19. The second-order valence-corrected chi connectivity index (χ2v) is 11.1. The highest BCUT2D eigenvalue weighted by Crippen LogP contribution is 2.39. The fourth-order valence-corrected chi connectivity index (χ4v) is 5.24. The van der Waals surface area contributed by atoms with E-state index in [9.17, 15) is 14.4 Å². The van der Waals surface area contributed by atoms with Crippen LogP contribution in [-0.2, 0) is 9.59 Å². The molecule has 1 aliphatic heterocycles. The van der Waals surface area contributed by atoms with Crippen LogP contribution in [-0.4, -0.2) is 48.8 Å². The second-order valence-electron chi connectivity index (χ2n) is 9.29. The molecule has 3 aromatic rings. The molecule has 1 saturated heterocycles. The molecule has 11 heteroatoms. The summed E-state index contributed by atoms with van der Waals surface area (Å²) < 4.78 is 16.9. The number of rotatable bonds is 10. The molecular formula is C30H28Cl2N2O6S. The van der Waals surface area contributed by atoms with Crippen molar-refractivity contribution < 1.29 is 28.6 Å². The van der Waals surface area contributed by atoms with E-state index in [1.807, 2.05) is 39.0 Å². The van der Waals surface area contributed by atoms with Gasteiger partial charge in [0.1, 0.15) is 12.4 Å². The van der Waals surface area contributed by atoms with Crippen molar-refractivity contribution in [2.75, 3.05) is 32.2 Å². The molecule has 0 atom stereocenters. The summed E-state index contributed by atoms with van der Waals surface area (Å²) in [4.78, 5) is 39.3. The third-order valence-corrected chi connectivity index (χ3v) is 7.74. The number of thioether (sulfide) groups is 1. The zero-order valence-corrected chi connectivity index (χ0v) is 25.2. The maximum absolute atomic E-state index is 13.0. The fraction of sp³-hybridized carbons (Fsp3) is 0.233. The van der Waals surface area contributed by atoms with Gasteiger partial charge in [0.25, 0.3) is 17.1 Å². The minimum absolute atomic E-state index is 0.114. The number of nitrogens with one attached hydrogen (secondary N) is 1. The molecule has 3 amide bonds. The van der Waals surface area contributed by atoms with Crippen LogP contribution in [0.25, 0.3) is 6.08 Å². The molecule has 4 rings (SSSR count). The van der Waals surface area contributed by atoms with E-state index >= 15 is 0 Å². The first kappa shape index (κ1) is 30.3. The Morgan fingerprint density at radius 2 is 1.71 bits per heavy atom. The number of aryl methyl sites for hydroxylation is 3. The van der Waals surface area contributed by atoms with Crippen molar-refractivity contribution in [2.45, 2.75) is 20.8 Å². The van der Waals surface area contributed by atoms with E-state index in [0.717, 1.165) is 33.4 Å². The normalized spacial score (nSPS) is 14.0. The smallest absolute Gasteiger partial charge is 0.293 e. The zero-order valence-electron chi connectivity index (χ0n) is 22.9. The Labute approximate surface area is 252 Å². The van der Waals surface area contributed by atoms with Gasteiger partial charge in [-0.15, -0.1) is 0 Å². The molecule has 41 heavy (non-hydrogen) atoms. The number of methoxy groups -OCH3 is 1. The number of hydrogen-bond acceptors (Lipinski definition) is 7. The molecule has 8 nitrogen and oxygen atoms in total. The van der Waals surface area contributed by atoms with E-state index in [0.29, 0.717) is 22.0 Å². The number of halogens is 2. The van der Waals surface area contributed by atoms with Crippen LogP contribution >= 0.6 is 35.0 Å². The quantitative estimate of drug-likeness (QED) is 0.244. The minimum atomic E-state index is -0.423. The number of imide groups is 1. The molecule has 0 spiro atoms. The molecular weight excluding hydrogens is 587 g/mol. The van der Waals surface area contributed by atoms with Crippen LogP contribution in [0.2, 0.25) is 10.0 Å². The summed E-state index contributed by atoms with van der Waals surface area (Å²) in [5, 5.41) is 3.03. The molecule has 0 bridgehead atoms. The number of carbonyl (C=O) groups excluding carboxylic acids is 3. The van der Waals surface area contributed by atoms with Crippen LogP contribution in [0.1, 0.15) is 22.3 Å². The van der Waals surface area contributed by atoms with Crippen molar-refractivity contribution in [3.8, 4) is 17.2 Å². The molecule has 3 aromatic carbocycles. The Hall–Kier alpha value is -3.66. The van der Waals surface area contributed by atoms with Gasteiger partial charge in [0.2, 0.25) is 0 Å². The van der Waals surface area contributed by atoms with E-state index < -0.39 is 11.8 Å². The largest absolute Gasteiger partial charge is 0.493 e. The summed E-state index contributed by atoms with van der Waals surface area (Å²) in [5.41, 5.74) is 3.98. The van der Waals surface area contributed by atoms with E-state index in [1.165, 1.54) is 7.11 Å². The molecule has 0 saturated carbocycles. The summed E-state index contributed by atoms with van der Waals surface area (Å²) in [7, 11) is 1.43. The van der Waals surface area contributed by atoms with E-state index in [-0.39, 0.29) is 46.4 Å². The third kappa shape index (κ3) is 7.55. The number of ether oxygens (including phenoxy) is 3. The van der Waals surface area contributed by atoms with Crippen molar-refractivity contribution in [2.24, 2.45) is 0 Å². The van der Waals surface area contributed by atoms with Gasteiger partial charge in [0.05, 0.1) is 23.6 Å². The van der Waals surface area contributed by atoms with E-state index in [1.54, 1.807) is 36.4 Å². The lowest BCUT2D eigenvalue weighted by Gasteiger charge is -2.15. The van der Waals surface area contributed by atoms with Gasteiger partial charge in [-0.25, -0.2) is 0 Å². The van der Waals surface area contributed by atoms with E-state index in [2.05, 4.69) is 5.32 Å². The van der Waals surface area contributed by atoms with Gasteiger partial charge in [-0.3, -0.25) is 19.3 Å². The highest BCUT2D eigenvalue weighted by Gasteiger charge is 2.35. The monoisotopic (exact) mass is 614 g/mol. The van der Waals surface area contributed by atoms with Crippen LogP contribution in [0.5, 0.6) is 17.2 Å². The first-order valence-electron chi connectivity index (χ1n) is 12.6. The van der Waals surface area contributed by atoms with Crippen LogP contribution in [0.4, 0.5) is 10.5 Å². The maximum atomic E-state index is 13.0. The Balaban J connectivity index is 1.40. The van der Waals surface area contributed by atoms with Gasteiger partial charge >= 0.3 is 0 Å². The number of carbonyl (C=O) groups is 3. The van der Waals surface area contributed by atoms with Gasteiger partial charge in [0, 0.05) is 10.7 Å². The Morgan fingerprint density at radius 1 is 0.951 bits per heavy atom. The molecule has 214 valence electrons.